The number of carbonyl (C=O) groups is 1. The fraction of sp³-hybridized carbons (Fsp3) is 0.750. The van der Waals surface area contributed by atoms with Gasteiger partial charge in [0.1, 0.15) is 0 Å². The maximum absolute atomic E-state index is 11.4. The minimum absolute atomic E-state index is 0.0453. The Morgan fingerprint density at radius 3 is 2.17 bits per heavy atom. The molecular formula is C12H22O6. The molecule has 0 saturated carbocycles. The third-order valence-corrected chi connectivity index (χ3v) is 2.33. The molecule has 0 heterocycles. The van der Waals surface area contributed by atoms with Gasteiger partial charge in [-0.2, -0.15) is 0 Å². The zero-order valence-corrected chi connectivity index (χ0v) is 10.7. The van der Waals surface area contributed by atoms with Crippen LogP contribution in [0.4, 0.5) is 0 Å². The van der Waals surface area contributed by atoms with Crippen molar-refractivity contribution in [3.05, 3.63) is 11.3 Å². The van der Waals surface area contributed by atoms with E-state index in [2.05, 4.69) is 11.7 Å². The van der Waals surface area contributed by atoms with E-state index < -0.39 is 26.0 Å². The lowest BCUT2D eigenvalue weighted by Crippen LogP contribution is -2.17. The Morgan fingerprint density at radius 2 is 1.67 bits per heavy atom. The first-order valence-corrected chi connectivity index (χ1v) is 6.05. The van der Waals surface area contributed by atoms with Gasteiger partial charge in [-0.25, -0.2) is 4.79 Å². The number of rotatable bonds is 10. The van der Waals surface area contributed by atoms with Crippen molar-refractivity contribution in [2.45, 2.75) is 32.6 Å². The first-order chi connectivity index (χ1) is 8.71. The van der Waals surface area contributed by atoms with Crippen molar-refractivity contribution in [3.63, 3.8) is 0 Å². The molecule has 6 nitrogen and oxygen atoms in total. The minimum Gasteiger partial charge on any atom is -0.486 e. The molecule has 0 saturated heterocycles. The van der Waals surface area contributed by atoms with Gasteiger partial charge in [-0.3, -0.25) is 0 Å². The van der Waals surface area contributed by atoms with Gasteiger partial charge in [0.25, 0.3) is 0 Å². The summed E-state index contributed by atoms with van der Waals surface area (Å²) in [6.45, 7) is 0.619. The number of hydrogen-bond acceptors (Lipinski definition) is 6. The van der Waals surface area contributed by atoms with Crippen LogP contribution in [0.2, 0.25) is 0 Å². The lowest BCUT2D eigenvalue weighted by molar-refractivity contribution is -0.151. The van der Waals surface area contributed by atoms with Gasteiger partial charge in [-0.05, 0) is 6.42 Å². The van der Waals surface area contributed by atoms with Gasteiger partial charge >= 0.3 is 5.97 Å². The van der Waals surface area contributed by atoms with Crippen molar-refractivity contribution in [2.24, 2.45) is 0 Å². The molecule has 0 aliphatic rings. The molecule has 6 heteroatoms. The van der Waals surface area contributed by atoms with Gasteiger partial charge < -0.3 is 24.8 Å². The normalized spacial score (nSPS) is 10.0. The van der Waals surface area contributed by atoms with Crippen LogP contribution < -0.4 is 0 Å². The van der Waals surface area contributed by atoms with Gasteiger partial charge in [0.15, 0.2) is 6.79 Å². The lowest BCUT2D eigenvalue weighted by atomic mass is 10.2. The summed E-state index contributed by atoms with van der Waals surface area (Å²) >= 11 is 0. The fourth-order valence-corrected chi connectivity index (χ4v) is 1.33. The third kappa shape index (κ3) is 6.58. The zero-order chi connectivity index (χ0) is 13.8. The van der Waals surface area contributed by atoms with Crippen LogP contribution in [-0.2, 0) is 14.3 Å². The third-order valence-electron chi connectivity index (χ3n) is 2.33. The summed E-state index contributed by atoms with van der Waals surface area (Å²) in [4.78, 5) is 11.4. The molecule has 106 valence electrons. The number of unbranched alkanes of at least 4 members (excludes halogenated alkanes) is 3. The summed E-state index contributed by atoms with van der Waals surface area (Å²) in [7, 11) is 0. The first-order valence-electron chi connectivity index (χ1n) is 6.05. The molecule has 0 aliphatic carbocycles. The molecule has 0 rings (SSSR count). The van der Waals surface area contributed by atoms with E-state index in [1.807, 2.05) is 0 Å². The van der Waals surface area contributed by atoms with Gasteiger partial charge in [-0.1, -0.05) is 26.2 Å². The van der Waals surface area contributed by atoms with Crippen molar-refractivity contribution >= 4 is 5.97 Å². The van der Waals surface area contributed by atoms with Crippen LogP contribution in [0.15, 0.2) is 11.3 Å². The Hall–Kier alpha value is -1.11. The van der Waals surface area contributed by atoms with Gasteiger partial charge in [-0.15, -0.1) is 0 Å². The number of esters is 1. The molecule has 0 unspecified atom stereocenters. The summed E-state index contributed by atoms with van der Waals surface area (Å²) in [5.74, 6) is -1.10. The topological polar surface area (TPSA) is 96.2 Å². The van der Waals surface area contributed by atoms with Crippen LogP contribution in [0.1, 0.15) is 32.6 Å². The highest BCUT2D eigenvalue weighted by molar-refractivity contribution is 5.87. The fourth-order valence-electron chi connectivity index (χ4n) is 1.33. The van der Waals surface area contributed by atoms with E-state index in [1.54, 1.807) is 0 Å². The summed E-state index contributed by atoms with van der Waals surface area (Å²) in [6.07, 6.45) is 3.92. The van der Waals surface area contributed by atoms with Crippen LogP contribution in [0, 0.1) is 0 Å². The molecule has 0 spiro atoms. The Morgan fingerprint density at radius 1 is 1.00 bits per heavy atom. The highest BCUT2D eigenvalue weighted by Gasteiger charge is 2.17. The number of hydrogen-bond donors (Lipinski definition) is 3. The number of ether oxygens (including phenoxy) is 2. The molecule has 3 N–H and O–H groups in total. The summed E-state index contributed by atoms with van der Waals surface area (Å²) in [6, 6.07) is 0. The van der Waals surface area contributed by atoms with Crippen molar-refractivity contribution in [2.75, 3.05) is 26.6 Å². The molecule has 0 aromatic heterocycles. The van der Waals surface area contributed by atoms with Crippen molar-refractivity contribution in [1.82, 2.24) is 0 Å². The lowest BCUT2D eigenvalue weighted by Gasteiger charge is -2.12. The largest absolute Gasteiger partial charge is 0.486 e. The molecule has 0 aromatic carbocycles. The van der Waals surface area contributed by atoms with Gasteiger partial charge in [0, 0.05) is 5.57 Å². The molecule has 0 bridgehead atoms. The predicted octanol–water partition coefficient (Wildman–Crippen LogP) is 0.315. The maximum Gasteiger partial charge on any atom is 0.375 e. The first kappa shape index (κ1) is 16.9. The second-order valence-electron chi connectivity index (χ2n) is 3.72. The van der Waals surface area contributed by atoms with Crippen molar-refractivity contribution < 1.29 is 29.6 Å². The van der Waals surface area contributed by atoms with Crippen LogP contribution in [-0.4, -0.2) is 47.9 Å². The Balaban J connectivity index is 4.39. The SMILES string of the molecule is CCCCCCOC(C(=O)OCO)=C(CO)CO. The molecule has 0 aromatic rings. The zero-order valence-electron chi connectivity index (χ0n) is 10.7. The standard InChI is InChI=1S/C12H22O6/c1-2-3-4-5-6-17-11(10(7-13)8-14)12(16)18-9-15/h13-15H,2-9H2,1H3. The maximum atomic E-state index is 11.4. The second-order valence-corrected chi connectivity index (χ2v) is 3.72. The smallest absolute Gasteiger partial charge is 0.375 e. The van der Waals surface area contributed by atoms with E-state index >= 15 is 0 Å². The van der Waals surface area contributed by atoms with Crippen molar-refractivity contribution in [1.29, 1.82) is 0 Å². The van der Waals surface area contributed by atoms with Crippen LogP contribution in [0.25, 0.3) is 0 Å². The second kappa shape index (κ2) is 11.0. The number of carbonyl (C=O) groups excluding carboxylic acids is 1. The molecule has 0 aliphatic heterocycles. The van der Waals surface area contributed by atoms with E-state index in [0.717, 1.165) is 25.7 Å². The summed E-state index contributed by atoms with van der Waals surface area (Å²) in [5.41, 5.74) is 0.0453. The Bertz CT molecular complexity index is 255. The quantitative estimate of drug-likeness (QED) is 0.172. The molecule has 18 heavy (non-hydrogen) atoms. The van der Waals surface area contributed by atoms with Gasteiger partial charge in [0.05, 0.1) is 19.8 Å². The van der Waals surface area contributed by atoms with Crippen LogP contribution in [0.5, 0.6) is 0 Å². The average molecular weight is 262 g/mol. The number of aliphatic hydroxyl groups is 3. The van der Waals surface area contributed by atoms with Crippen molar-refractivity contribution in [3.8, 4) is 0 Å². The van der Waals surface area contributed by atoms with E-state index in [-0.39, 0.29) is 11.3 Å². The molecule has 0 radical (unpaired) electrons. The van der Waals surface area contributed by atoms with Gasteiger partial charge in [0.2, 0.25) is 5.76 Å². The summed E-state index contributed by atoms with van der Waals surface area (Å²) < 4.78 is 9.60. The Labute approximate surface area is 107 Å². The molecular weight excluding hydrogens is 240 g/mol. The number of aliphatic hydroxyl groups excluding tert-OH is 3. The van der Waals surface area contributed by atoms with E-state index in [9.17, 15) is 4.79 Å². The van der Waals surface area contributed by atoms with Crippen LogP contribution in [0.3, 0.4) is 0 Å². The van der Waals surface area contributed by atoms with E-state index in [0.29, 0.717) is 6.61 Å². The highest BCUT2D eigenvalue weighted by atomic mass is 16.6. The average Bonchev–Trinajstić information content (AvgIpc) is 2.37. The van der Waals surface area contributed by atoms with E-state index in [4.69, 9.17) is 20.1 Å². The predicted molar refractivity (Wildman–Crippen MR) is 64.5 cm³/mol. The van der Waals surface area contributed by atoms with E-state index in [1.165, 1.54) is 0 Å². The summed E-state index contributed by atoms with van der Waals surface area (Å²) in [5, 5.41) is 26.5. The molecule has 0 amide bonds. The highest BCUT2D eigenvalue weighted by Crippen LogP contribution is 2.10. The molecule has 0 atom stereocenters. The van der Waals surface area contributed by atoms with Crippen LogP contribution >= 0.6 is 0 Å². The molecule has 0 fully saturated rings. The Kier molecular flexibility index (Phi) is 10.3. The minimum atomic E-state index is -0.883. The monoisotopic (exact) mass is 262 g/mol.